The summed E-state index contributed by atoms with van der Waals surface area (Å²) in [5.74, 6) is 0.250. The molecule has 1 aromatic carbocycles. The summed E-state index contributed by atoms with van der Waals surface area (Å²) in [7, 11) is 0. The molecule has 2 saturated carbocycles. The quantitative estimate of drug-likeness (QED) is 0.763. The summed E-state index contributed by atoms with van der Waals surface area (Å²) in [6, 6.07) is 4.72. The van der Waals surface area contributed by atoms with Crippen LogP contribution in [0.1, 0.15) is 55.3 Å². The van der Waals surface area contributed by atoms with Crippen molar-refractivity contribution in [3.8, 4) is 0 Å². The fraction of sp³-hybridized carbons (Fsp3) is 0.588. The fourth-order valence-corrected chi connectivity index (χ4v) is 3.66. The van der Waals surface area contributed by atoms with Crippen LogP contribution in [0.3, 0.4) is 0 Å². The molecule has 0 aliphatic heterocycles. The van der Waals surface area contributed by atoms with Crippen LogP contribution < -0.4 is 0 Å². The average molecular weight is 354 g/mol. The average Bonchev–Trinajstić information content (AvgIpc) is 3.32. The van der Waals surface area contributed by atoms with Gasteiger partial charge in [0.15, 0.2) is 0 Å². The molecule has 3 rings (SSSR count). The highest BCUT2D eigenvalue weighted by atomic mass is 79.9. The Balaban J connectivity index is 1.76. The van der Waals surface area contributed by atoms with Crippen LogP contribution in [0.5, 0.6) is 0 Å². The van der Waals surface area contributed by atoms with Crippen molar-refractivity contribution in [2.24, 2.45) is 5.92 Å². The Morgan fingerprint density at radius 2 is 1.90 bits per heavy atom. The Hall–Kier alpha value is -0.900. The van der Waals surface area contributed by atoms with Crippen molar-refractivity contribution >= 4 is 21.8 Å². The van der Waals surface area contributed by atoms with Crippen molar-refractivity contribution in [2.75, 3.05) is 6.54 Å². The van der Waals surface area contributed by atoms with E-state index in [0.717, 1.165) is 19.4 Å². The van der Waals surface area contributed by atoms with Crippen molar-refractivity contribution in [2.45, 2.75) is 51.0 Å². The van der Waals surface area contributed by atoms with Crippen molar-refractivity contribution in [1.29, 1.82) is 0 Å². The Morgan fingerprint density at radius 3 is 2.57 bits per heavy atom. The van der Waals surface area contributed by atoms with E-state index in [1.54, 1.807) is 6.07 Å². The van der Waals surface area contributed by atoms with Gasteiger partial charge in [-0.15, -0.1) is 0 Å². The molecule has 2 fully saturated rings. The maximum atomic E-state index is 13.5. The summed E-state index contributed by atoms with van der Waals surface area (Å²) in [6.45, 7) is 0.840. The summed E-state index contributed by atoms with van der Waals surface area (Å²) in [5.41, 5.74) is 0.456. The lowest BCUT2D eigenvalue weighted by atomic mass is 9.89. The summed E-state index contributed by atoms with van der Waals surface area (Å²) in [5, 5.41) is 0. The molecule has 2 aliphatic rings. The highest BCUT2D eigenvalue weighted by Gasteiger charge is 2.35. The highest BCUT2D eigenvalue weighted by molar-refractivity contribution is 9.10. The maximum absolute atomic E-state index is 13.5. The Kier molecular flexibility index (Phi) is 4.63. The third kappa shape index (κ3) is 3.65. The first kappa shape index (κ1) is 15.0. The number of nitrogens with zero attached hydrogens (tertiary/aromatic N) is 1. The zero-order valence-corrected chi connectivity index (χ0v) is 13.7. The number of hydrogen-bond acceptors (Lipinski definition) is 1. The van der Waals surface area contributed by atoms with Gasteiger partial charge in [-0.3, -0.25) is 4.79 Å². The van der Waals surface area contributed by atoms with E-state index in [9.17, 15) is 9.18 Å². The molecule has 0 radical (unpaired) electrons. The van der Waals surface area contributed by atoms with Crippen molar-refractivity contribution in [3.05, 3.63) is 34.1 Å². The van der Waals surface area contributed by atoms with Gasteiger partial charge in [-0.25, -0.2) is 4.39 Å². The number of carbonyl (C=O) groups excluding carboxylic acids is 1. The third-order valence-electron chi connectivity index (χ3n) is 4.59. The topological polar surface area (TPSA) is 20.3 Å². The van der Waals surface area contributed by atoms with Crippen LogP contribution in [-0.2, 0) is 0 Å². The third-order valence-corrected chi connectivity index (χ3v) is 5.28. The molecule has 2 nitrogen and oxygen atoms in total. The van der Waals surface area contributed by atoms with Crippen LogP contribution in [0, 0.1) is 11.7 Å². The van der Waals surface area contributed by atoms with Gasteiger partial charge in [0, 0.05) is 17.1 Å². The first-order valence-electron chi connectivity index (χ1n) is 7.91. The molecule has 0 aromatic heterocycles. The lowest BCUT2D eigenvalue weighted by Gasteiger charge is -2.30. The lowest BCUT2D eigenvalue weighted by molar-refractivity contribution is 0.0697. The molecule has 0 atom stereocenters. The van der Waals surface area contributed by atoms with Crippen molar-refractivity contribution in [1.82, 2.24) is 4.90 Å². The van der Waals surface area contributed by atoms with Gasteiger partial charge in [-0.2, -0.15) is 0 Å². The second kappa shape index (κ2) is 6.47. The zero-order chi connectivity index (χ0) is 14.8. The molecule has 0 bridgehead atoms. The van der Waals surface area contributed by atoms with Gasteiger partial charge in [-0.1, -0.05) is 19.3 Å². The maximum Gasteiger partial charge on any atom is 0.255 e. The van der Waals surface area contributed by atoms with Gasteiger partial charge in [0.25, 0.3) is 5.91 Å². The lowest BCUT2D eigenvalue weighted by Crippen LogP contribution is -2.38. The molecular weight excluding hydrogens is 333 g/mol. The Morgan fingerprint density at radius 1 is 1.19 bits per heavy atom. The summed E-state index contributed by atoms with van der Waals surface area (Å²) in [4.78, 5) is 14.8. The van der Waals surface area contributed by atoms with Crippen LogP contribution in [0.4, 0.5) is 4.39 Å². The predicted octanol–water partition coefficient (Wildman–Crippen LogP) is 4.77. The van der Waals surface area contributed by atoms with Gasteiger partial charge in [0.1, 0.15) is 5.82 Å². The number of benzene rings is 1. The van der Waals surface area contributed by atoms with Crippen LogP contribution in [0.2, 0.25) is 0 Å². The van der Waals surface area contributed by atoms with E-state index in [-0.39, 0.29) is 11.7 Å². The standard InChI is InChI=1S/C17H21BrFNO/c18-16-9-6-13(19)10-15(16)17(21)20(14-7-8-14)11-12-4-2-1-3-5-12/h6,9-10,12,14H,1-5,7-8,11H2. The van der Waals surface area contributed by atoms with E-state index < -0.39 is 0 Å². The second-order valence-electron chi connectivity index (χ2n) is 6.32. The van der Waals surface area contributed by atoms with Gasteiger partial charge in [0.2, 0.25) is 0 Å². The minimum atomic E-state index is -0.352. The highest BCUT2D eigenvalue weighted by Crippen LogP contribution is 2.33. The molecule has 0 unspecified atom stereocenters. The molecular formula is C17H21BrFNO. The molecule has 1 aromatic rings. The van der Waals surface area contributed by atoms with E-state index in [1.165, 1.54) is 44.2 Å². The van der Waals surface area contributed by atoms with Crippen molar-refractivity contribution in [3.63, 3.8) is 0 Å². The molecule has 0 spiro atoms. The van der Waals surface area contributed by atoms with E-state index in [1.807, 2.05) is 4.90 Å². The molecule has 21 heavy (non-hydrogen) atoms. The van der Waals surface area contributed by atoms with E-state index in [2.05, 4.69) is 15.9 Å². The predicted molar refractivity (Wildman–Crippen MR) is 84.7 cm³/mol. The smallest absolute Gasteiger partial charge is 0.255 e. The van der Waals surface area contributed by atoms with Crippen LogP contribution in [0.25, 0.3) is 0 Å². The SMILES string of the molecule is O=C(c1cc(F)ccc1Br)N(CC1CCCCC1)C1CC1. The van der Waals surface area contributed by atoms with E-state index in [4.69, 9.17) is 0 Å². The molecule has 4 heteroatoms. The molecule has 2 aliphatic carbocycles. The molecule has 1 amide bonds. The summed E-state index contributed by atoms with van der Waals surface area (Å²) in [6.07, 6.45) is 8.50. The number of rotatable bonds is 4. The van der Waals surface area contributed by atoms with Gasteiger partial charge >= 0.3 is 0 Å². The Labute approximate surface area is 133 Å². The molecule has 114 valence electrons. The van der Waals surface area contributed by atoms with E-state index in [0.29, 0.717) is 22.0 Å². The number of amides is 1. The summed E-state index contributed by atoms with van der Waals surface area (Å²) >= 11 is 3.38. The largest absolute Gasteiger partial charge is 0.335 e. The van der Waals surface area contributed by atoms with Crippen LogP contribution >= 0.6 is 15.9 Å². The number of carbonyl (C=O) groups is 1. The fourth-order valence-electron chi connectivity index (χ4n) is 3.25. The van der Waals surface area contributed by atoms with Crippen LogP contribution in [0.15, 0.2) is 22.7 Å². The van der Waals surface area contributed by atoms with Gasteiger partial charge in [0.05, 0.1) is 5.56 Å². The molecule has 0 heterocycles. The Bertz CT molecular complexity index is 524. The van der Waals surface area contributed by atoms with Crippen LogP contribution in [-0.4, -0.2) is 23.4 Å². The summed E-state index contributed by atoms with van der Waals surface area (Å²) < 4.78 is 14.1. The first-order valence-corrected chi connectivity index (χ1v) is 8.70. The molecule has 0 N–H and O–H groups in total. The zero-order valence-electron chi connectivity index (χ0n) is 12.2. The van der Waals surface area contributed by atoms with Gasteiger partial charge < -0.3 is 4.90 Å². The van der Waals surface area contributed by atoms with Gasteiger partial charge in [-0.05, 0) is 65.7 Å². The van der Waals surface area contributed by atoms with Crippen molar-refractivity contribution < 1.29 is 9.18 Å². The minimum Gasteiger partial charge on any atom is -0.335 e. The molecule has 0 saturated heterocycles. The number of hydrogen-bond donors (Lipinski definition) is 0. The monoisotopic (exact) mass is 353 g/mol. The number of halogens is 2. The second-order valence-corrected chi connectivity index (χ2v) is 7.17. The normalized spacial score (nSPS) is 19.5. The first-order chi connectivity index (χ1) is 10.1. The van der Waals surface area contributed by atoms with E-state index >= 15 is 0 Å². The minimum absolute atomic E-state index is 0.0190.